The molecule has 1 atom stereocenters. The third kappa shape index (κ3) is 3.69. The van der Waals surface area contributed by atoms with E-state index >= 15 is 0 Å². The average molecular weight is 305 g/mol. The zero-order valence-electron chi connectivity index (χ0n) is 10.5. The molecule has 2 aromatic rings. The normalized spacial score (nSPS) is 11.6. The van der Waals surface area contributed by atoms with E-state index in [1.54, 1.807) is 31.2 Å². The van der Waals surface area contributed by atoms with E-state index in [2.05, 4.69) is 15.5 Å². The van der Waals surface area contributed by atoms with Crippen LogP contribution < -0.4 is 11.1 Å². The highest BCUT2D eigenvalue weighted by Gasteiger charge is 2.17. The van der Waals surface area contributed by atoms with Gasteiger partial charge in [-0.25, -0.2) is 0 Å². The van der Waals surface area contributed by atoms with Crippen molar-refractivity contribution in [2.75, 3.05) is 11.1 Å². The van der Waals surface area contributed by atoms with E-state index in [4.69, 9.17) is 11.0 Å². The molecule has 0 spiro atoms. The highest BCUT2D eigenvalue weighted by molar-refractivity contribution is 8.02. The quantitative estimate of drug-likeness (QED) is 0.838. The molecule has 102 valence electrons. The number of hydrogen-bond donors (Lipinski definition) is 2. The van der Waals surface area contributed by atoms with Crippen molar-refractivity contribution in [1.82, 2.24) is 10.2 Å². The van der Waals surface area contributed by atoms with Crippen molar-refractivity contribution < 1.29 is 4.79 Å². The first-order chi connectivity index (χ1) is 9.58. The van der Waals surface area contributed by atoms with Gasteiger partial charge in [-0.2, -0.15) is 5.26 Å². The number of nitrogen functional groups attached to an aromatic ring is 1. The number of nitrogens with one attached hydrogen (secondary N) is 1. The molecule has 0 saturated carbocycles. The van der Waals surface area contributed by atoms with Gasteiger partial charge in [-0.15, -0.1) is 10.2 Å². The number of nitriles is 1. The first-order valence-corrected chi connectivity index (χ1v) is 7.35. The molecule has 3 N–H and O–H groups in total. The van der Waals surface area contributed by atoms with Crippen LogP contribution in [0.3, 0.4) is 0 Å². The SMILES string of the molecule is CC(Sc1nnc(N)s1)C(=O)Nc1cccc(C#N)c1. The van der Waals surface area contributed by atoms with Crippen LogP contribution >= 0.6 is 23.1 Å². The van der Waals surface area contributed by atoms with Gasteiger partial charge in [0.15, 0.2) is 4.34 Å². The molecule has 20 heavy (non-hydrogen) atoms. The van der Waals surface area contributed by atoms with Gasteiger partial charge in [-0.05, 0) is 25.1 Å². The number of aromatic nitrogens is 2. The summed E-state index contributed by atoms with van der Waals surface area (Å²) in [6.07, 6.45) is 0. The van der Waals surface area contributed by atoms with E-state index in [0.717, 1.165) is 0 Å². The molecular formula is C12H11N5OS2. The van der Waals surface area contributed by atoms with Gasteiger partial charge in [0.25, 0.3) is 0 Å². The van der Waals surface area contributed by atoms with Crippen LogP contribution in [0.15, 0.2) is 28.6 Å². The minimum absolute atomic E-state index is 0.168. The monoisotopic (exact) mass is 305 g/mol. The maximum atomic E-state index is 12.0. The fraction of sp³-hybridized carbons (Fsp3) is 0.167. The molecule has 0 aliphatic rings. The second-order valence-electron chi connectivity index (χ2n) is 3.85. The Kier molecular flexibility index (Phi) is 4.55. The predicted molar refractivity (Wildman–Crippen MR) is 79.4 cm³/mol. The maximum absolute atomic E-state index is 12.0. The van der Waals surface area contributed by atoms with Crippen molar-refractivity contribution in [2.24, 2.45) is 0 Å². The molecule has 2 rings (SSSR count). The Bertz CT molecular complexity index is 664. The number of carbonyl (C=O) groups excluding carboxylic acids is 1. The van der Waals surface area contributed by atoms with Gasteiger partial charge in [-0.1, -0.05) is 29.2 Å². The van der Waals surface area contributed by atoms with Crippen LogP contribution in [0.2, 0.25) is 0 Å². The second kappa shape index (κ2) is 6.36. The lowest BCUT2D eigenvalue weighted by atomic mass is 10.2. The van der Waals surface area contributed by atoms with Crippen molar-refractivity contribution in [3.05, 3.63) is 29.8 Å². The van der Waals surface area contributed by atoms with Gasteiger partial charge in [0.05, 0.1) is 16.9 Å². The molecule has 1 unspecified atom stereocenters. The smallest absolute Gasteiger partial charge is 0.237 e. The topological polar surface area (TPSA) is 105 Å². The molecule has 0 aliphatic heterocycles. The molecule has 0 saturated heterocycles. The van der Waals surface area contributed by atoms with Crippen LogP contribution in [0, 0.1) is 11.3 Å². The van der Waals surface area contributed by atoms with Gasteiger partial charge in [-0.3, -0.25) is 4.79 Å². The minimum atomic E-state index is -0.340. The van der Waals surface area contributed by atoms with Crippen molar-refractivity contribution in [3.63, 3.8) is 0 Å². The summed E-state index contributed by atoms with van der Waals surface area (Å²) in [6, 6.07) is 8.78. The molecule has 1 aromatic heterocycles. The summed E-state index contributed by atoms with van der Waals surface area (Å²) in [5.74, 6) is -0.168. The van der Waals surface area contributed by atoms with Gasteiger partial charge < -0.3 is 11.1 Å². The number of benzene rings is 1. The number of amides is 1. The van der Waals surface area contributed by atoms with Crippen molar-refractivity contribution in [2.45, 2.75) is 16.5 Å². The predicted octanol–water partition coefficient (Wildman–Crippen LogP) is 2.11. The molecule has 0 radical (unpaired) electrons. The van der Waals surface area contributed by atoms with E-state index < -0.39 is 0 Å². The zero-order valence-corrected chi connectivity index (χ0v) is 12.2. The molecule has 8 heteroatoms. The van der Waals surface area contributed by atoms with Gasteiger partial charge in [0.2, 0.25) is 11.0 Å². The Morgan fingerprint density at radius 1 is 1.55 bits per heavy atom. The Hall–Kier alpha value is -2.11. The van der Waals surface area contributed by atoms with Crippen molar-refractivity contribution in [3.8, 4) is 6.07 Å². The van der Waals surface area contributed by atoms with Gasteiger partial charge in [0.1, 0.15) is 0 Å². The van der Waals surface area contributed by atoms with E-state index in [1.165, 1.54) is 23.1 Å². The standard InChI is InChI=1S/C12H11N5OS2/c1-7(19-12-17-16-11(14)20-12)10(18)15-9-4-2-3-8(5-9)6-13/h2-5,7H,1H3,(H2,14,16)(H,15,18). The lowest BCUT2D eigenvalue weighted by molar-refractivity contribution is -0.115. The molecular weight excluding hydrogens is 294 g/mol. The highest BCUT2D eigenvalue weighted by Crippen LogP contribution is 2.28. The average Bonchev–Trinajstić information content (AvgIpc) is 2.84. The Morgan fingerprint density at radius 2 is 2.35 bits per heavy atom. The summed E-state index contributed by atoms with van der Waals surface area (Å²) in [5.41, 5.74) is 6.58. The van der Waals surface area contributed by atoms with Gasteiger partial charge >= 0.3 is 0 Å². The van der Waals surface area contributed by atoms with E-state index in [9.17, 15) is 4.79 Å². The fourth-order valence-corrected chi connectivity index (χ4v) is 3.16. The number of carbonyl (C=O) groups is 1. The zero-order chi connectivity index (χ0) is 14.5. The molecule has 1 aromatic carbocycles. The maximum Gasteiger partial charge on any atom is 0.237 e. The second-order valence-corrected chi connectivity index (χ2v) is 6.45. The Balaban J connectivity index is 1.98. The van der Waals surface area contributed by atoms with E-state index in [0.29, 0.717) is 20.7 Å². The summed E-state index contributed by atoms with van der Waals surface area (Å²) in [6.45, 7) is 1.77. The largest absolute Gasteiger partial charge is 0.374 e. The number of hydrogen-bond acceptors (Lipinski definition) is 7. The fourth-order valence-electron chi connectivity index (χ4n) is 1.38. The van der Waals surface area contributed by atoms with E-state index in [-0.39, 0.29) is 11.2 Å². The summed E-state index contributed by atoms with van der Waals surface area (Å²) in [4.78, 5) is 12.0. The Labute approximate surface area is 124 Å². The van der Waals surface area contributed by atoms with Crippen molar-refractivity contribution >= 4 is 39.8 Å². The number of nitrogens with zero attached hydrogens (tertiary/aromatic N) is 3. The van der Waals surface area contributed by atoms with Crippen LogP contribution in [-0.4, -0.2) is 21.4 Å². The van der Waals surface area contributed by atoms with Crippen LogP contribution in [0.5, 0.6) is 0 Å². The molecule has 0 bridgehead atoms. The number of anilines is 2. The molecule has 6 nitrogen and oxygen atoms in total. The van der Waals surface area contributed by atoms with Gasteiger partial charge in [0, 0.05) is 5.69 Å². The van der Waals surface area contributed by atoms with Crippen molar-refractivity contribution in [1.29, 1.82) is 5.26 Å². The highest BCUT2D eigenvalue weighted by atomic mass is 32.2. The summed E-state index contributed by atoms with van der Waals surface area (Å²) < 4.78 is 0.649. The Morgan fingerprint density at radius 3 is 3.00 bits per heavy atom. The van der Waals surface area contributed by atoms with Crippen LogP contribution in [0.4, 0.5) is 10.8 Å². The minimum Gasteiger partial charge on any atom is -0.374 e. The lowest BCUT2D eigenvalue weighted by Gasteiger charge is -2.10. The molecule has 1 heterocycles. The molecule has 0 fully saturated rings. The van der Waals surface area contributed by atoms with E-state index in [1.807, 2.05) is 6.07 Å². The summed E-state index contributed by atoms with van der Waals surface area (Å²) in [7, 11) is 0. The number of rotatable bonds is 4. The first-order valence-electron chi connectivity index (χ1n) is 5.65. The number of nitrogens with two attached hydrogens (primary N) is 1. The van der Waals surface area contributed by atoms with Crippen LogP contribution in [-0.2, 0) is 4.79 Å². The summed E-state index contributed by atoms with van der Waals surface area (Å²) >= 11 is 2.53. The van der Waals surface area contributed by atoms with Crippen LogP contribution in [0.25, 0.3) is 0 Å². The molecule has 0 aliphatic carbocycles. The molecule has 1 amide bonds. The lowest BCUT2D eigenvalue weighted by Crippen LogP contribution is -2.22. The third-order valence-corrected chi connectivity index (χ3v) is 4.26. The first kappa shape index (κ1) is 14.3. The number of thioether (sulfide) groups is 1. The van der Waals surface area contributed by atoms with Crippen LogP contribution in [0.1, 0.15) is 12.5 Å². The summed E-state index contributed by atoms with van der Waals surface area (Å²) in [5, 5.41) is 19.2. The third-order valence-electron chi connectivity index (χ3n) is 2.33.